The van der Waals surface area contributed by atoms with Crippen molar-refractivity contribution in [2.24, 2.45) is 0 Å². The van der Waals surface area contributed by atoms with Gasteiger partial charge < -0.3 is 20.1 Å². The second kappa shape index (κ2) is 8.89. The van der Waals surface area contributed by atoms with Crippen LogP contribution in [0.1, 0.15) is 19.4 Å². The Morgan fingerprint density at radius 1 is 1.35 bits per heavy atom. The van der Waals surface area contributed by atoms with Gasteiger partial charge in [-0.3, -0.25) is 0 Å². The van der Waals surface area contributed by atoms with E-state index in [-0.39, 0.29) is 18.5 Å². The molecule has 0 unspecified atom stereocenters. The van der Waals surface area contributed by atoms with Crippen LogP contribution in [0.3, 0.4) is 0 Å². The average molecular weight is 284 g/mol. The minimum absolute atomic E-state index is 0.0251. The quantitative estimate of drug-likeness (QED) is 0.725. The molecule has 2 N–H and O–H groups in total. The van der Waals surface area contributed by atoms with Crippen molar-refractivity contribution < 1.29 is 14.2 Å². The van der Waals surface area contributed by atoms with Gasteiger partial charge in [0, 0.05) is 44.0 Å². The van der Waals surface area contributed by atoms with Crippen LogP contribution in [0.4, 0.5) is 10.1 Å². The summed E-state index contributed by atoms with van der Waals surface area (Å²) in [6.07, 6.45) is 0. The third kappa shape index (κ3) is 5.07. The van der Waals surface area contributed by atoms with E-state index in [1.807, 2.05) is 24.8 Å². The largest absolute Gasteiger partial charge is 0.395 e. The van der Waals surface area contributed by atoms with Crippen molar-refractivity contribution >= 4 is 5.69 Å². The summed E-state index contributed by atoms with van der Waals surface area (Å²) in [6, 6.07) is 5.33. The minimum Gasteiger partial charge on any atom is -0.395 e. The molecule has 0 fully saturated rings. The lowest BCUT2D eigenvalue weighted by Gasteiger charge is -2.27. The first kappa shape index (κ1) is 16.9. The van der Waals surface area contributed by atoms with Crippen molar-refractivity contribution in [3.8, 4) is 0 Å². The molecule has 0 aliphatic carbocycles. The number of anilines is 1. The summed E-state index contributed by atoms with van der Waals surface area (Å²) in [5, 5.41) is 12.4. The van der Waals surface area contributed by atoms with Gasteiger partial charge >= 0.3 is 0 Å². The van der Waals surface area contributed by atoms with Crippen molar-refractivity contribution in [3.63, 3.8) is 0 Å². The van der Waals surface area contributed by atoms with Crippen LogP contribution in [-0.2, 0) is 11.3 Å². The van der Waals surface area contributed by atoms with E-state index in [0.717, 1.165) is 5.69 Å². The highest BCUT2D eigenvalue weighted by molar-refractivity contribution is 5.54. The van der Waals surface area contributed by atoms with E-state index >= 15 is 0 Å². The van der Waals surface area contributed by atoms with Crippen LogP contribution in [0.5, 0.6) is 0 Å². The number of hydrogen-bond acceptors (Lipinski definition) is 4. The lowest BCUT2D eigenvalue weighted by Crippen LogP contribution is -2.32. The number of methoxy groups -OCH3 is 1. The van der Waals surface area contributed by atoms with E-state index in [0.29, 0.717) is 31.8 Å². The molecule has 114 valence electrons. The van der Waals surface area contributed by atoms with E-state index in [1.165, 1.54) is 6.07 Å². The second-order valence-electron chi connectivity index (χ2n) is 4.98. The van der Waals surface area contributed by atoms with Crippen LogP contribution in [-0.4, -0.2) is 44.6 Å². The lowest BCUT2D eigenvalue weighted by atomic mass is 10.1. The molecule has 0 saturated heterocycles. The van der Waals surface area contributed by atoms with Gasteiger partial charge in [-0.2, -0.15) is 0 Å². The first-order chi connectivity index (χ1) is 9.60. The van der Waals surface area contributed by atoms with Crippen LogP contribution in [0.25, 0.3) is 0 Å². The van der Waals surface area contributed by atoms with E-state index in [4.69, 9.17) is 4.74 Å². The van der Waals surface area contributed by atoms with Crippen molar-refractivity contribution in [2.75, 3.05) is 38.3 Å². The molecule has 0 amide bonds. The monoisotopic (exact) mass is 284 g/mol. The standard InChI is InChI=1S/C15H25FN2O2/c1-12(2)17-11-13-14(16)5-4-6-15(13)18(7-9-19)8-10-20-3/h4-6,12,17,19H,7-11H2,1-3H3. The lowest BCUT2D eigenvalue weighted by molar-refractivity contribution is 0.203. The highest BCUT2D eigenvalue weighted by atomic mass is 19.1. The van der Waals surface area contributed by atoms with Gasteiger partial charge in [-0.1, -0.05) is 19.9 Å². The molecular formula is C15H25FN2O2. The summed E-state index contributed by atoms with van der Waals surface area (Å²) in [7, 11) is 1.63. The SMILES string of the molecule is COCCN(CCO)c1cccc(F)c1CNC(C)C. The molecule has 0 atom stereocenters. The Balaban J connectivity index is 2.96. The van der Waals surface area contributed by atoms with Crippen molar-refractivity contribution in [1.29, 1.82) is 0 Å². The molecule has 0 spiro atoms. The first-order valence-corrected chi connectivity index (χ1v) is 6.95. The van der Waals surface area contributed by atoms with E-state index < -0.39 is 0 Å². The molecule has 5 heteroatoms. The second-order valence-corrected chi connectivity index (χ2v) is 4.98. The molecule has 20 heavy (non-hydrogen) atoms. The van der Waals surface area contributed by atoms with Crippen molar-refractivity contribution in [1.82, 2.24) is 5.32 Å². The number of rotatable bonds is 9. The predicted molar refractivity (Wildman–Crippen MR) is 79.6 cm³/mol. The maximum atomic E-state index is 14.1. The molecule has 4 nitrogen and oxygen atoms in total. The van der Waals surface area contributed by atoms with Crippen LogP contribution >= 0.6 is 0 Å². The van der Waals surface area contributed by atoms with Gasteiger partial charge in [0.25, 0.3) is 0 Å². The molecule has 0 saturated carbocycles. The third-order valence-electron chi connectivity index (χ3n) is 3.06. The summed E-state index contributed by atoms with van der Waals surface area (Å²) in [6.45, 7) is 6.16. The van der Waals surface area contributed by atoms with Gasteiger partial charge in [-0.25, -0.2) is 4.39 Å². The van der Waals surface area contributed by atoms with E-state index in [9.17, 15) is 9.50 Å². The molecule has 1 aromatic carbocycles. The zero-order chi connectivity index (χ0) is 15.0. The van der Waals surface area contributed by atoms with Crippen LogP contribution in [0.15, 0.2) is 18.2 Å². The number of ether oxygens (including phenoxy) is 1. The van der Waals surface area contributed by atoms with Crippen molar-refractivity contribution in [3.05, 3.63) is 29.6 Å². The summed E-state index contributed by atoms with van der Waals surface area (Å²) in [5.41, 5.74) is 1.44. The highest BCUT2D eigenvalue weighted by Crippen LogP contribution is 2.23. The van der Waals surface area contributed by atoms with Gasteiger partial charge in [0.2, 0.25) is 0 Å². The number of benzene rings is 1. The summed E-state index contributed by atoms with van der Waals surface area (Å²) in [4.78, 5) is 1.95. The minimum atomic E-state index is -0.226. The predicted octanol–water partition coefficient (Wildman–Crippen LogP) is 1.77. The van der Waals surface area contributed by atoms with Gasteiger partial charge in [-0.05, 0) is 12.1 Å². The average Bonchev–Trinajstić information content (AvgIpc) is 2.41. The number of aliphatic hydroxyl groups is 1. The molecule has 0 heterocycles. The Bertz CT molecular complexity index is 399. The summed E-state index contributed by atoms with van der Waals surface area (Å²) in [5.74, 6) is -0.226. The Labute approximate surface area is 120 Å². The Hall–Kier alpha value is -1.17. The zero-order valence-electron chi connectivity index (χ0n) is 12.5. The van der Waals surface area contributed by atoms with E-state index in [1.54, 1.807) is 13.2 Å². The maximum Gasteiger partial charge on any atom is 0.129 e. The number of aliphatic hydroxyl groups excluding tert-OH is 1. The van der Waals surface area contributed by atoms with Gasteiger partial charge in [0.1, 0.15) is 5.82 Å². The fourth-order valence-corrected chi connectivity index (χ4v) is 2.00. The number of nitrogens with zero attached hydrogens (tertiary/aromatic N) is 1. The molecule has 0 radical (unpaired) electrons. The Kier molecular flexibility index (Phi) is 7.51. The third-order valence-corrected chi connectivity index (χ3v) is 3.06. The molecular weight excluding hydrogens is 259 g/mol. The number of halogens is 1. The highest BCUT2D eigenvalue weighted by Gasteiger charge is 2.14. The molecule has 1 aromatic rings. The molecule has 0 bridgehead atoms. The number of hydrogen-bond donors (Lipinski definition) is 2. The molecule has 0 aliphatic heterocycles. The molecule has 0 aliphatic rings. The smallest absolute Gasteiger partial charge is 0.129 e. The summed E-state index contributed by atoms with van der Waals surface area (Å²) < 4.78 is 19.1. The topological polar surface area (TPSA) is 44.7 Å². The maximum absolute atomic E-state index is 14.1. The number of nitrogens with one attached hydrogen (secondary N) is 1. The van der Waals surface area contributed by atoms with E-state index in [2.05, 4.69) is 5.32 Å². The summed E-state index contributed by atoms with van der Waals surface area (Å²) >= 11 is 0. The van der Waals surface area contributed by atoms with Crippen LogP contribution in [0.2, 0.25) is 0 Å². The van der Waals surface area contributed by atoms with Crippen molar-refractivity contribution in [2.45, 2.75) is 26.4 Å². The van der Waals surface area contributed by atoms with Gasteiger partial charge in [0.05, 0.1) is 13.2 Å². The first-order valence-electron chi connectivity index (χ1n) is 6.95. The molecule has 1 rings (SSSR count). The zero-order valence-corrected chi connectivity index (χ0v) is 12.5. The Morgan fingerprint density at radius 2 is 2.10 bits per heavy atom. The molecule has 0 aromatic heterocycles. The Morgan fingerprint density at radius 3 is 2.70 bits per heavy atom. The van der Waals surface area contributed by atoms with Crippen LogP contribution < -0.4 is 10.2 Å². The normalized spacial score (nSPS) is 11.1. The fraction of sp³-hybridized carbons (Fsp3) is 0.600. The van der Waals surface area contributed by atoms with Crippen LogP contribution in [0, 0.1) is 5.82 Å². The fourth-order valence-electron chi connectivity index (χ4n) is 2.00. The van der Waals surface area contributed by atoms with Gasteiger partial charge in [-0.15, -0.1) is 0 Å². The van der Waals surface area contributed by atoms with Gasteiger partial charge in [0.15, 0.2) is 0 Å².